The molecule has 0 unspecified atom stereocenters. The van der Waals surface area contributed by atoms with Crippen molar-refractivity contribution in [1.82, 2.24) is 10.3 Å². The van der Waals surface area contributed by atoms with Crippen LogP contribution < -0.4 is 10.1 Å². The number of hydrogen-bond acceptors (Lipinski definition) is 3. The molecule has 1 aromatic heterocycles. The highest BCUT2D eigenvalue weighted by atomic mass is 35.5. The summed E-state index contributed by atoms with van der Waals surface area (Å²) >= 11 is 11.7. The maximum Gasteiger partial charge on any atom is 0.219 e. The van der Waals surface area contributed by atoms with Gasteiger partial charge in [0.2, 0.25) is 5.88 Å². The van der Waals surface area contributed by atoms with Gasteiger partial charge < -0.3 is 10.1 Å². The standard InChI is InChI=1S/C13H11Cl2FN2O/c1-17-6-8-4-13(18-7-11(8)15)19-9-2-3-12(16)10(14)5-9/h2-5,7,17H,6H2,1H3. The molecule has 2 rings (SSSR count). The monoisotopic (exact) mass is 300 g/mol. The van der Waals surface area contributed by atoms with Crippen LogP contribution in [-0.4, -0.2) is 12.0 Å². The van der Waals surface area contributed by atoms with E-state index in [0.717, 1.165) is 5.56 Å². The first-order valence-electron chi connectivity index (χ1n) is 5.52. The third kappa shape index (κ3) is 3.56. The number of nitrogens with zero attached hydrogens (tertiary/aromatic N) is 1. The summed E-state index contributed by atoms with van der Waals surface area (Å²) in [5.74, 6) is 0.294. The molecule has 0 bridgehead atoms. The van der Waals surface area contributed by atoms with Gasteiger partial charge in [0.25, 0.3) is 0 Å². The zero-order valence-electron chi connectivity index (χ0n) is 10.1. The predicted molar refractivity (Wildman–Crippen MR) is 73.5 cm³/mol. The largest absolute Gasteiger partial charge is 0.439 e. The van der Waals surface area contributed by atoms with Gasteiger partial charge in [-0.1, -0.05) is 23.2 Å². The molecule has 19 heavy (non-hydrogen) atoms. The third-order valence-corrected chi connectivity index (χ3v) is 3.02. The van der Waals surface area contributed by atoms with Crippen molar-refractivity contribution in [2.75, 3.05) is 7.05 Å². The summed E-state index contributed by atoms with van der Waals surface area (Å²) in [7, 11) is 1.82. The van der Waals surface area contributed by atoms with E-state index in [1.165, 1.54) is 24.4 Å². The van der Waals surface area contributed by atoms with E-state index in [-0.39, 0.29) is 5.02 Å². The van der Waals surface area contributed by atoms with Gasteiger partial charge in [-0.05, 0) is 24.7 Å². The Morgan fingerprint density at radius 2 is 2.05 bits per heavy atom. The molecule has 1 N–H and O–H groups in total. The second kappa shape index (κ2) is 6.19. The Hall–Kier alpha value is -1.36. The van der Waals surface area contributed by atoms with Crippen molar-refractivity contribution in [3.05, 3.63) is 51.9 Å². The Morgan fingerprint density at radius 3 is 2.74 bits per heavy atom. The maximum absolute atomic E-state index is 13.0. The molecule has 0 spiro atoms. The fraction of sp³-hybridized carbons (Fsp3) is 0.154. The number of hydrogen-bond donors (Lipinski definition) is 1. The van der Waals surface area contributed by atoms with Gasteiger partial charge in [-0.25, -0.2) is 9.37 Å². The van der Waals surface area contributed by atoms with Crippen molar-refractivity contribution in [1.29, 1.82) is 0 Å². The Balaban J connectivity index is 2.22. The van der Waals surface area contributed by atoms with Crippen LogP contribution in [0.2, 0.25) is 10.0 Å². The molecule has 0 fully saturated rings. The molecule has 0 aliphatic carbocycles. The summed E-state index contributed by atoms with van der Waals surface area (Å²) in [6.07, 6.45) is 1.51. The van der Waals surface area contributed by atoms with E-state index in [1.54, 1.807) is 6.07 Å². The lowest BCUT2D eigenvalue weighted by Crippen LogP contribution is -2.06. The molecule has 0 saturated heterocycles. The molecule has 1 heterocycles. The van der Waals surface area contributed by atoms with Crippen molar-refractivity contribution in [3.63, 3.8) is 0 Å². The molecular formula is C13H11Cl2FN2O. The first kappa shape index (κ1) is 14.1. The zero-order chi connectivity index (χ0) is 13.8. The zero-order valence-corrected chi connectivity index (χ0v) is 11.6. The van der Waals surface area contributed by atoms with Gasteiger partial charge in [-0.15, -0.1) is 0 Å². The summed E-state index contributed by atoms with van der Waals surface area (Å²) in [5.41, 5.74) is 0.863. The topological polar surface area (TPSA) is 34.1 Å². The first-order valence-corrected chi connectivity index (χ1v) is 6.27. The number of nitrogens with one attached hydrogen (secondary N) is 1. The van der Waals surface area contributed by atoms with Gasteiger partial charge >= 0.3 is 0 Å². The van der Waals surface area contributed by atoms with E-state index < -0.39 is 5.82 Å². The number of benzene rings is 1. The maximum atomic E-state index is 13.0. The molecule has 2 aromatic rings. The molecule has 0 radical (unpaired) electrons. The van der Waals surface area contributed by atoms with E-state index in [9.17, 15) is 4.39 Å². The molecule has 1 aromatic carbocycles. The minimum atomic E-state index is -0.492. The van der Waals surface area contributed by atoms with E-state index >= 15 is 0 Å². The fourth-order valence-corrected chi connectivity index (χ4v) is 1.84. The Kier molecular flexibility index (Phi) is 4.58. The summed E-state index contributed by atoms with van der Waals surface area (Å²) < 4.78 is 18.5. The van der Waals surface area contributed by atoms with Crippen molar-refractivity contribution in [2.45, 2.75) is 6.54 Å². The van der Waals surface area contributed by atoms with Crippen LogP contribution in [0.4, 0.5) is 4.39 Å². The molecule has 0 saturated carbocycles. The molecule has 3 nitrogen and oxygen atoms in total. The Bertz CT molecular complexity index is 593. The molecule has 100 valence electrons. The van der Waals surface area contributed by atoms with Crippen LogP contribution in [0, 0.1) is 5.82 Å². The second-order valence-electron chi connectivity index (χ2n) is 3.82. The third-order valence-electron chi connectivity index (χ3n) is 2.39. The molecule has 0 aliphatic rings. The minimum absolute atomic E-state index is 0.00177. The molecule has 0 amide bonds. The highest BCUT2D eigenvalue weighted by Crippen LogP contribution is 2.27. The minimum Gasteiger partial charge on any atom is -0.439 e. The average Bonchev–Trinajstić information content (AvgIpc) is 2.38. The van der Waals surface area contributed by atoms with Crippen LogP contribution in [0.15, 0.2) is 30.5 Å². The van der Waals surface area contributed by atoms with Crippen LogP contribution >= 0.6 is 23.2 Å². The highest BCUT2D eigenvalue weighted by molar-refractivity contribution is 6.31. The normalized spacial score (nSPS) is 10.5. The van der Waals surface area contributed by atoms with Crippen LogP contribution in [-0.2, 0) is 6.54 Å². The van der Waals surface area contributed by atoms with E-state index in [2.05, 4.69) is 10.3 Å². The predicted octanol–water partition coefficient (Wildman–Crippen LogP) is 4.04. The number of rotatable bonds is 4. The Labute approximate surface area is 120 Å². The molecule has 6 heteroatoms. The summed E-state index contributed by atoms with van der Waals surface area (Å²) in [6.45, 7) is 0.599. The van der Waals surface area contributed by atoms with Gasteiger partial charge in [0.05, 0.1) is 10.0 Å². The molecular weight excluding hydrogens is 290 g/mol. The van der Waals surface area contributed by atoms with Crippen LogP contribution in [0.5, 0.6) is 11.6 Å². The van der Waals surface area contributed by atoms with Crippen molar-refractivity contribution in [2.24, 2.45) is 0 Å². The van der Waals surface area contributed by atoms with Gasteiger partial charge in [-0.2, -0.15) is 0 Å². The Morgan fingerprint density at radius 1 is 1.26 bits per heavy atom. The van der Waals surface area contributed by atoms with E-state index in [0.29, 0.717) is 23.2 Å². The summed E-state index contributed by atoms with van der Waals surface area (Å²) in [5, 5.41) is 3.55. The lowest BCUT2D eigenvalue weighted by molar-refractivity contribution is 0.460. The van der Waals surface area contributed by atoms with E-state index in [4.69, 9.17) is 27.9 Å². The number of pyridine rings is 1. The smallest absolute Gasteiger partial charge is 0.219 e. The fourth-order valence-electron chi connectivity index (χ4n) is 1.50. The van der Waals surface area contributed by atoms with Crippen molar-refractivity contribution < 1.29 is 9.13 Å². The quantitative estimate of drug-likeness (QED) is 0.925. The number of ether oxygens (including phenoxy) is 1. The summed E-state index contributed by atoms with van der Waals surface area (Å²) in [4.78, 5) is 4.05. The summed E-state index contributed by atoms with van der Waals surface area (Å²) in [6, 6.07) is 5.83. The van der Waals surface area contributed by atoms with Crippen LogP contribution in [0.1, 0.15) is 5.56 Å². The lowest BCUT2D eigenvalue weighted by atomic mass is 10.2. The van der Waals surface area contributed by atoms with Gasteiger partial charge in [0, 0.05) is 24.9 Å². The number of aromatic nitrogens is 1. The number of halogens is 3. The van der Waals surface area contributed by atoms with E-state index in [1.807, 2.05) is 7.05 Å². The van der Waals surface area contributed by atoms with Crippen LogP contribution in [0.3, 0.4) is 0 Å². The van der Waals surface area contributed by atoms with Crippen LogP contribution in [0.25, 0.3) is 0 Å². The average molecular weight is 301 g/mol. The first-order chi connectivity index (χ1) is 9.10. The molecule has 0 aliphatic heterocycles. The van der Waals surface area contributed by atoms with Crippen molar-refractivity contribution in [3.8, 4) is 11.6 Å². The second-order valence-corrected chi connectivity index (χ2v) is 4.64. The van der Waals surface area contributed by atoms with Gasteiger partial charge in [-0.3, -0.25) is 0 Å². The van der Waals surface area contributed by atoms with Gasteiger partial charge in [0.15, 0.2) is 0 Å². The molecule has 0 atom stereocenters. The SMILES string of the molecule is CNCc1cc(Oc2ccc(F)c(Cl)c2)ncc1Cl. The lowest BCUT2D eigenvalue weighted by Gasteiger charge is -2.08. The van der Waals surface area contributed by atoms with Crippen molar-refractivity contribution >= 4 is 23.2 Å². The highest BCUT2D eigenvalue weighted by Gasteiger charge is 2.06. The van der Waals surface area contributed by atoms with Gasteiger partial charge in [0.1, 0.15) is 11.6 Å².